The first-order chi connectivity index (χ1) is 18.2. The van der Waals surface area contributed by atoms with Crippen molar-refractivity contribution in [1.82, 2.24) is 0 Å². The largest absolute Gasteiger partial charge is 0.454 e. The Kier molecular flexibility index (Phi) is 6.73. The summed E-state index contributed by atoms with van der Waals surface area (Å²) in [6.07, 6.45) is 0. The Bertz CT molecular complexity index is 1500. The lowest BCUT2D eigenvalue weighted by Gasteiger charge is -2.34. The average Bonchev–Trinajstić information content (AvgIpc) is 3.30. The highest BCUT2D eigenvalue weighted by Crippen LogP contribution is 2.77. The van der Waals surface area contributed by atoms with E-state index in [1.165, 1.54) is 42.5 Å². The number of halogens is 6. The Hall–Kier alpha value is -2.40. The van der Waals surface area contributed by atoms with Crippen LogP contribution in [-0.4, -0.2) is 49.2 Å². The molecule has 2 bridgehead atoms. The number of allylic oxidation sites excluding steroid dienone is 2. The van der Waals surface area contributed by atoms with E-state index in [0.717, 1.165) is 11.0 Å². The standard InChI is InChI=1S/C24H12Cl6N2O7/c25-17-18(26)23(28)16-15(22(17,27)24(23,29)30)19(34)31(20(16)35)12-5-2-4-11(8-12)21(36)39-9-14(33)10-3-1-6-13(7-10)32(37)38/h1-8,15-16H,9H2. The molecule has 3 aliphatic rings. The molecule has 0 spiro atoms. The third kappa shape index (κ3) is 3.67. The van der Waals surface area contributed by atoms with Crippen LogP contribution in [0.4, 0.5) is 11.4 Å². The average molecular weight is 653 g/mol. The number of non-ortho nitro benzene ring substituents is 1. The molecule has 1 heterocycles. The van der Waals surface area contributed by atoms with Crippen molar-refractivity contribution in [2.75, 3.05) is 11.5 Å². The highest BCUT2D eigenvalue weighted by atomic mass is 35.5. The van der Waals surface area contributed by atoms with Crippen LogP contribution in [0.25, 0.3) is 0 Å². The monoisotopic (exact) mass is 650 g/mol. The normalized spacial score (nSPS) is 28.6. The number of nitro groups is 1. The zero-order chi connectivity index (χ0) is 28.7. The first kappa shape index (κ1) is 28.1. The molecule has 9 nitrogen and oxygen atoms in total. The summed E-state index contributed by atoms with van der Waals surface area (Å²) < 4.78 is 2.97. The quantitative estimate of drug-likeness (QED) is 0.0996. The number of imide groups is 1. The molecule has 4 atom stereocenters. The highest BCUT2D eigenvalue weighted by molar-refractivity contribution is 6.67. The number of fused-ring (bicyclic) bond motifs is 5. The van der Waals surface area contributed by atoms with E-state index in [9.17, 15) is 29.3 Å². The summed E-state index contributed by atoms with van der Waals surface area (Å²) in [4.78, 5) is 59.2. The summed E-state index contributed by atoms with van der Waals surface area (Å²) in [6.45, 7) is -0.713. The summed E-state index contributed by atoms with van der Waals surface area (Å²) >= 11 is 38.9. The minimum atomic E-state index is -2.08. The summed E-state index contributed by atoms with van der Waals surface area (Å²) in [5.41, 5.74) is -0.431. The summed E-state index contributed by atoms with van der Waals surface area (Å²) in [5, 5.41) is 10.5. The summed E-state index contributed by atoms with van der Waals surface area (Å²) in [6, 6.07) is 10.2. The van der Waals surface area contributed by atoms with Crippen molar-refractivity contribution in [2.45, 2.75) is 14.1 Å². The van der Waals surface area contributed by atoms with Crippen LogP contribution in [0.1, 0.15) is 20.7 Å². The number of amides is 2. The van der Waals surface area contributed by atoms with Crippen molar-refractivity contribution in [3.8, 4) is 0 Å². The predicted molar refractivity (Wildman–Crippen MR) is 144 cm³/mol. The van der Waals surface area contributed by atoms with E-state index in [-0.39, 0.29) is 32.6 Å². The van der Waals surface area contributed by atoms with Crippen LogP contribution in [0.5, 0.6) is 0 Å². The van der Waals surface area contributed by atoms with Crippen LogP contribution in [0.3, 0.4) is 0 Å². The van der Waals surface area contributed by atoms with E-state index in [0.29, 0.717) is 0 Å². The molecule has 0 radical (unpaired) electrons. The van der Waals surface area contributed by atoms with Gasteiger partial charge in [0.15, 0.2) is 10.9 Å². The zero-order valence-corrected chi connectivity index (χ0v) is 23.5. The Morgan fingerprint density at radius 2 is 1.44 bits per heavy atom. The minimum absolute atomic E-state index is 0.0132. The molecular weight excluding hydrogens is 641 g/mol. The van der Waals surface area contributed by atoms with E-state index in [4.69, 9.17) is 74.3 Å². The maximum atomic E-state index is 13.5. The van der Waals surface area contributed by atoms with Crippen LogP contribution in [-0.2, 0) is 14.3 Å². The van der Waals surface area contributed by atoms with Gasteiger partial charge in [0.2, 0.25) is 17.6 Å². The van der Waals surface area contributed by atoms with Gasteiger partial charge in [0.25, 0.3) is 5.69 Å². The molecule has 2 aromatic rings. The SMILES string of the molecule is O=C(COC(=O)c1cccc(N2C(=O)C3C(C2=O)C2(Cl)C(Cl)=C(Cl)C3(Cl)C2(Cl)Cl)c1)c1cccc([N+](=O)[O-])c1. The van der Waals surface area contributed by atoms with Crippen molar-refractivity contribution in [3.05, 3.63) is 79.8 Å². The lowest BCUT2D eigenvalue weighted by molar-refractivity contribution is -0.384. The number of nitrogens with zero attached hydrogens (tertiary/aromatic N) is 2. The predicted octanol–water partition coefficient (Wildman–Crippen LogP) is 5.59. The minimum Gasteiger partial charge on any atom is -0.454 e. The molecule has 202 valence electrons. The van der Waals surface area contributed by atoms with Gasteiger partial charge < -0.3 is 4.74 Å². The number of ether oxygens (including phenoxy) is 1. The van der Waals surface area contributed by atoms with E-state index < -0.39 is 61.0 Å². The second-order valence-electron chi connectivity index (χ2n) is 8.95. The van der Waals surface area contributed by atoms with Crippen molar-refractivity contribution in [3.63, 3.8) is 0 Å². The number of nitro benzene ring substituents is 1. The van der Waals surface area contributed by atoms with Crippen molar-refractivity contribution in [2.24, 2.45) is 11.8 Å². The maximum Gasteiger partial charge on any atom is 0.338 e. The Balaban J connectivity index is 1.38. The van der Waals surface area contributed by atoms with Crippen LogP contribution in [0, 0.1) is 22.0 Å². The molecule has 2 aliphatic carbocycles. The summed E-state index contributed by atoms with van der Waals surface area (Å²) in [7, 11) is 0. The van der Waals surface area contributed by atoms with Crippen LogP contribution < -0.4 is 4.90 Å². The number of alkyl halides is 4. The highest BCUT2D eigenvalue weighted by Gasteiger charge is 2.87. The van der Waals surface area contributed by atoms with Crippen molar-refractivity contribution in [1.29, 1.82) is 0 Å². The molecule has 2 fully saturated rings. The molecule has 2 amide bonds. The first-order valence-corrected chi connectivity index (χ1v) is 13.2. The fourth-order valence-electron chi connectivity index (χ4n) is 5.11. The van der Waals surface area contributed by atoms with Gasteiger partial charge in [-0.25, -0.2) is 9.69 Å². The number of Topliss-reactive ketones (excluding diaryl/α,β-unsaturated/α-hetero) is 1. The molecular formula is C24H12Cl6N2O7. The van der Waals surface area contributed by atoms with E-state index in [2.05, 4.69) is 0 Å². The van der Waals surface area contributed by atoms with Gasteiger partial charge in [0, 0.05) is 17.7 Å². The number of ketones is 1. The lowest BCUT2D eigenvalue weighted by atomic mass is 9.84. The molecule has 5 rings (SSSR count). The van der Waals surface area contributed by atoms with Crippen LogP contribution in [0.2, 0.25) is 0 Å². The van der Waals surface area contributed by atoms with E-state index in [1.807, 2.05) is 0 Å². The second-order valence-corrected chi connectivity index (χ2v) is 12.2. The molecule has 39 heavy (non-hydrogen) atoms. The van der Waals surface area contributed by atoms with E-state index >= 15 is 0 Å². The molecule has 15 heteroatoms. The molecule has 0 N–H and O–H groups in total. The van der Waals surface area contributed by atoms with Gasteiger partial charge in [-0.1, -0.05) is 64.6 Å². The first-order valence-electron chi connectivity index (χ1n) is 10.9. The molecule has 1 aliphatic heterocycles. The number of anilines is 1. The van der Waals surface area contributed by atoms with Gasteiger partial charge in [-0.05, 0) is 18.2 Å². The molecule has 0 aromatic heterocycles. The van der Waals surface area contributed by atoms with Gasteiger partial charge >= 0.3 is 5.97 Å². The Labute approximate surface area is 249 Å². The smallest absolute Gasteiger partial charge is 0.338 e. The second kappa shape index (κ2) is 9.33. The fraction of sp³-hybridized carbons (Fsp3) is 0.250. The lowest BCUT2D eigenvalue weighted by Crippen LogP contribution is -2.50. The number of esters is 1. The van der Waals surface area contributed by atoms with Crippen molar-refractivity contribution >= 4 is 105 Å². The van der Waals surface area contributed by atoms with Crippen molar-refractivity contribution < 1.29 is 28.8 Å². The summed E-state index contributed by atoms with van der Waals surface area (Å²) in [5.74, 6) is -5.94. The molecule has 2 aromatic carbocycles. The van der Waals surface area contributed by atoms with Gasteiger partial charge in [0.05, 0.1) is 38.1 Å². The number of carbonyl (C=O) groups is 4. The molecule has 1 saturated carbocycles. The number of benzene rings is 2. The molecule has 4 unspecified atom stereocenters. The number of rotatable bonds is 6. The zero-order valence-electron chi connectivity index (χ0n) is 19.0. The topological polar surface area (TPSA) is 124 Å². The van der Waals surface area contributed by atoms with Crippen LogP contribution >= 0.6 is 69.6 Å². The Morgan fingerprint density at radius 3 is 2.00 bits per heavy atom. The van der Waals surface area contributed by atoms with Gasteiger partial charge in [-0.3, -0.25) is 24.5 Å². The number of hydrogen-bond donors (Lipinski definition) is 0. The number of carbonyl (C=O) groups excluding carboxylic acids is 4. The van der Waals surface area contributed by atoms with Gasteiger partial charge in [-0.2, -0.15) is 0 Å². The third-order valence-corrected chi connectivity index (χ3v) is 11.2. The van der Waals surface area contributed by atoms with Gasteiger partial charge in [0.1, 0.15) is 9.75 Å². The van der Waals surface area contributed by atoms with Crippen LogP contribution in [0.15, 0.2) is 58.6 Å². The fourth-order valence-corrected chi connectivity index (χ4v) is 8.04. The third-order valence-electron chi connectivity index (χ3n) is 6.96. The van der Waals surface area contributed by atoms with E-state index in [1.54, 1.807) is 0 Å². The number of hydrogen-bond acceptors (Lipinski definition) is 7. The Morgan fingerprint density at radius 1 is 0.897 bits per heavy atom. The maximum absolute atomic E-state index is 13.5. The molecule has 1 saturated heterocycles. The van der Waals surface area contributed by atoms with Gasteiger partial charge in [-0.15, -0.1) is 23.2 Å².